The zero-order chi connectivity index (χ0) is 13.7. The van der Waals surface area contributed by atoms with Crippen molar-refractivity contribution in [2.45, 2.75) is 40.7 Å². The van der Waals surface area contributed by atoms with Crippen molar-refractivity contribution in [3.8, 4) is 0 Å². The quantitative estimate of drug-likeness (QED) is 0.773. The molecule has 102 valence electrons. The Hall–Kier alpha value is -0.940. The van der Waals surface area contributed by atoms with Gasteiger partial charge < -0.3 is 10.2 Å². The van der Waals surface area contributed by atoms with Crippen LogP contribution >= 0.6 is 11.5 Å². The fourth-order valence-corrected chi connectivity index (χ4v) is 2.98. The van der Waals surface area contributed by atoms with Crippen LogP contribution in [0, 0.1) is 6.92 Å². The Morgan fingerprint density at radius 2 is 2.06 bits per heavy atom. The molecule has 0 spiro atoms. The van der Waals surface area contributed by atoms with Gasteiger partial charge >= 0.3 is 0 Å². The van der Waals surface area contributed by atoms with Gasteiger partial charge in [0.2, 0.25) is 0 Å². The number of aryl methyl sites for hydroxylation is 1. The summed E-state index contributed by atoms with van der Waals surface area (Å²) in [5, 5.41) is 4.31. The van der Waals surface area contributed by atoms with E-state index in [-0.39, 0.29) is 5.78 Å². The molecule has 0 aliphatic rings. The molecule has 1 heterocycles. The van der Waals surface area contributed by atoms with Crippen LogP contribution in [0.2, 0.25) is 0 Å². The first-order valence-corrected chi connectivity index (χ1v) is 7.22. The Morgan fingerprint density at radius 3 is 2.56 bits per heavy atom. The first-order chi connectivity index (χ1) is 8.49. The van der Waals surface area contributed by atoms with Gasteiger partial charge in [0.15, 0.2) is 5.78 Å². The molecule has 0 amide bonds. The third kappa shape index (κ3) is 3.78. The highest BCUT2D eigenvalue weighted by molar-refractivity contribution is 7.10. The minimum absolute atomic E-state index is 0.0822. The van der Waals surface area contributed by atoms with Crippen LogP contribution < -0.4 is 5.32 Å². The molecule has 1 N–H and O–H groups in total. The molecule has 1 unspecified atom stereocenters. The molecule has 0 aromatic carbocycles. The second kappa shape index (κ2) is 6.85. The van der Waals surface area contributed by atoms with Crippen LogP contribution in [-0.4, -0.2) is 40.7 Å². The molecule has 0 aliphatic heterocycles. The third-order valence-electron chi connectivity index (χ3n) is 3.02. The summed E-state index contributed by atoms with van der Waals surface area (Å²) >= 11 is 1.37. The lowest BCUT2D eigenvalue weighted by Crippen LogP contribution is -2.34. The summed E-state index contributed by atoms with van der Waals surface area (Å²) in [5.41, 5.74) is 1.57. The summed E-state index contributed by atoms with van der Waals surface area (Å²) in [6, 6.07) is 0.308. The van der Waals surface area contributed by atoms with Crippen LogP contribution in [0.4, 0.5) is 5.00 Å². The van der Waals surface area contributed by atoms with Gasteiger partial charge in [-0.25, -0.2) is 0 Å². The van der Waals surface area contributed by atoms with Crippen molar-refractivity contribution in [1.82, 2.24) is 9.27 Å². The van der Waals surface area contributed by atoms with Crippen molar-refractivity contribution in [2.75, 3.05) is 25.0 Å². The molecule has 0 saturated carbocycles. The lowest BCUT2D eigenvalue weighted by molar-refractivity contribution is 0.101. The number of nitrogens with zero attached hydrogens (tertiary/aromatic N) is 2. The summed E-state index contributed by atoms with van der Waals surface area (Å²) in [7, 11) is 0. The summed E-state index contributed by atoms with van der Waals surface area (Å²) in [6.45, 7) is 13.0. The summed E-state index contributed by atoms with van der Waals surface area (Å²) in [5.74, 6) is 0.0822. The lowest BCUT2D eigenvalue weighted by atomic mass is 10.2. The highest BCUT2D eigenvalue weighted by Gasteiger charge is 2.17. The van der Waals surface area contributed by atoms with E-state index in [1.54, 1.807) is 6.92 Å². The lowest BCUT2D eigenvalue weighted by Gasteiger charge is -2.23. The van der Waals surface area contributed by atoms with Gasteiger partial charge in [0.05, 0.1) is 11.3 Å². The molecule has 1 atom stereocenters. The first kappa shape index (κ1) is 15.1. The standard InChI is InChI=1S/C13H23N3OS/c1-6-16(7-2)8-9(3)14-13-12(11(5)17)10(4)15-18-13/h9,14H,6-8H2,1-5H3. The number of aromatic nitrogens is 1. The Bertz CT molecular complexity index is 399. The topological polar surface area (TPSA) is 45.2 Å². The number of likely N-dealkylation sites (N-methyl/N-ethyl adjacent to an activating group) is 1. The number of hydrogen-bond acceptors (Lipinski definition) is 5. The van der Waals surface area contributed by atoms with Gasteiger partial charge in [0.1, 0.15) is 5.00 Å². The number of ketones is 1. The van der Waals surface area contributed by atoms with Gasteiger partial charge in [0, 0.05) is 12.6 Å². The largest absolute Gasteiger partial charge is 0.371 e. The van der Waals surface area contributed by atoms with E-state index in [2.05, 4.69) is 35.4 Å². The van der Waals surface area contributed by atoms with E-state index >= 15 is 0 Å². The van der Waals surface area contributed by atoms with Gasteiger partial charge in [-0.15, -0.1) is 0 Å². The van der Waals surface area contributed by atoms with Crippen LogP contribution in [0.5, 0.6) is 0 Å². The molecular weight excluding hydrogens is 246 g/mol. The van der Waals surface area contributed by atoms with Gasteiger partial charge in [-0.3, -0.25) is 4.79 Å². The molecule has 0 radical (unpaired) electrons. The minimum atomic E-state index is 0.0822. The maximum atomic E-state index is 11.6. The highest BCUT2D eigenvalue weighted by Crippen LogP contribution is 2.25. The van der Waals surface area contributed by atoms with Gasteiger partial charge in [-0.1, -0.05) is 13.8 Å². The van der Waals surface area contributed by atoms with E-state index in [4.69, 9.17) is 0 Å². The zero-order valence-electron chi connectivity index (χ0n) is 11.9. The van der Waals surface area contributed by atoms with Crippen LogP contribution in [0.25, 0.3) is 0 Å². The van der Waals surface area contributed by atoms with E-state index in [0.717, 1.165) is 35.9 Å². The van der Waals surface area contributed by atoms with Gasteiger partial charge in [-0.05, 0) is 45.4 Å². The zero-order valence-corrected chi connectivity index (χ0v) is 12.7. The SMILES string of the molecule is CCN(CC)CC(C)Nc1snc(C)c1C(C)=O. The summed E-state index contributed by atoms with van der Waals surface area (Å²) < 4.78 is 4.26. The Kier molecular flexibility index (Phi) is 5.75. The van der Waals surface area contributed by atoms with Gasteiger partial charge in [0.25, 0.3) is 0 Å². The number of carbonyl (C=O) groups is 1. The monoisotopic (exact) mass is 269 g/mol. The molecule has 0 fully saturated rings. The average Bonchev–Trinajstić information content (AvgIpc) is 2.67. The fraction of sp³-hybridized carbons (Fsp3) is 0.692. The molecule has 0 aliphatic carbocycles. The third-order valence-corrected chi connectivity index (χ3v) is 3.89. The fourth-order valence-electron chi connectivity index (χ4n) is 2.02. The average molecular weight is 269 g/mol. The van der Waals surface area contributed by atoms with Crippen LogP contribution in [0.3, 0.4) is 0 Å². The summed E-state index contributed by atoms with van der Waals surface area (Å²) in [6.07, 6.45) is 0. The molecule has 5 heteroatoms. The van der Waals surface area contributed by atoms with Crippen molar-refractivity contribution in [1.29, 1.82) is 0 Å². The van der Waals surface area contributed by atoms with Crippen LogP contribution in [0.15, 0.2) is 0 Å². The Balaban J connectivity index is 2.70. The summed E-state index contributed by atoms with van der Waals surface area (Å²) in [4.78, 5) is 13.9. The predicted octanol–water partition coefficient (Wildman–Crippen LogP) is 2.80. The van der Waals surface area contributed by atoms with Crippen LogP contribution in [-0.2, 0) is 0 Å². The van der Waals surface area contributed by atoms with Crippen LogP contribution in [0.1, 0.15) is 43.7 Å². The van der Waals surface area contributed by atoms with E-state index in [9.17, 15) is 4.79 Å². The maximum absolute atomic E-state index is 11.6. The Labute approximate surface area is 114 Å². The van der Waals surface area contributed by atoms with E-state index in [0.29, 0.717) is 6.04 Å². The molecule has 1 aromatic rings. The smallest absolute Gasteiger partial charge is 0.164 e. The Morgan fingerprint density at radius 1 is 1.44 bits per heavy atom. The number of anilines is 1. The molecular formula is C13H23N3OS. The van der Waals surface area contributed by atoms with Crippen molar-refractivity contribution in [2.24, 2.45) is 0 Å². The normalized spacial score (nSPS) is 12.8. The van der Waals surface area contributed by atoms with E-state index < -0.39 is 0 Å². The number of Topliss-reactive ketones (excluding diaryl/α,β-unsaturated/α-hetero) is 1. The number of nitrogens with one attached hydrogen (secondary N) is 1. The molecule has 1 rings (SSSR count). The van der Waals surface area contributed by atoms with E-state index in [1.807, 2.05) is 6.92 Å². The highest BCUT2D eigenvalue weighted by atomic mass is 32.1. The van der Waals surface area contributed by atoms with Gasteiger partial charge in [-0.2, -0.15) is 4.37 Å². The molecule has 1 aromatic heterocycles. The second-order valence-electron chi connectivity index (χ2n) is 4.56. The second-order valence-corrected chi connectivity index (χ2v) is 5.33. The maximum Gasteiger partial charge on any atom is 0.164 e. The first-order valence-electron chi connectivity index (χ1n) is 6.45. The molecule has 4 nitrogen and oxygen atoms in total. The molecule has 18 heavy (non-hydrogen) atoms. The minimum Gasteiger partial charge on any atom is -0.371 e. The van der Waals surface area contributed by atoms with Crippen molar-refractivity contribution >= 4 is 22.3 Å². The molecule has 0 saturated heterocycles. The number of rotatable bonds is 7. The number of carbonyl (C=O) groups excluding carboxylic acids is 1. The van der Waals surface area contributed by atoms with Crippen molar-refractivity contribution < 1.29 is 4.79 Å². The van der Waals surface area contributed by atoms with Crippen molar-refractivity contribution in [3.63, 3.8) is 0 Å². The molecule has 0 bridgehead atoms. The predicted molar refractivity (Wildman–Crippen MR) is 77.7 cm³/mol. The van der Waals surface area contributed by atoms with Crippen molar-refractivity contribution in [3.05, 3.63) is 11.3 Å². The van der Waals surface area contributed by atoms with E-state index in [1.165, 1.54) is 11.5 Å². The number of hydrogen-bond donors (Lipinski definition) is 1.